The van der Waals surface area contributed by atoms with E-state index >= 15 is 0 Å². The van der Waals surface area contributed by atoms with Crippen LogP contribution in [0, 0.1) is 0 Å². The van der Waals surface area contributed by atoms with E-state index in [1.165, 1.54) is 19.4 Å². The number of nitrogens with zero attached hydrogens (tertiary/aromatic N) is 1. The topological polar surface area (TPSA) is 3.24 Å². The van der Waals surface area contributed by atoms with Crippen LogP contribution in [0.3, 0.4) is 0 Å². The van der Waals surface area contributed by atoms with Crippen molar-refractivity contribution in [2.45, 2.75) is 45.2 Å². The molecule has 64 valence electrons. The van der Waals surface area contributed by atoms with E-state index in [0.29, 0.717) is 0 Å². The molecule has 0 spiro atoms. The Morgan fingerprint density at radius 3 is 2.36 bits per heavy atom. The predicted molar refractivity (Wildman–Crippen MR) is 49.7 cm³/mol. The van der Waals surface area contributed by atoms with Crippen LogP contribution in [0.1, 0.15) is 33.1 Å². The minimum Gasteiger partial charge on any atom is -0.298 e. The molecule has 2 unspecified atom stereocenters. The molecule has 1 fully saturated rings. The van der Waals surface area contributed by atoms with Gasteiger partial charge in [-0.3, -0.25) is 4.90 Å². The zero-order valence-corrected chi connectivity index (χ0v) is 7.71. The lowest BCUT2D eigenvalue weighted by atomic mass is 10.2. The van der Waals surface area contributed by atoms with E-state index in [1.54, 1.807) is 0 Å². The molecule has 0 aromatic heterocycles. The smallest absolute Gasteiger partial charge is 0.00704 e. The van der Waals surface area contributed by atoms with Crippen LogP contribution in [0.5, 0.6) is 0 Å². The van der Waals surface area contributed by atoms with Crippen LogP contribution < -0.4 is 0 Å². The number of hydrogen-bond acceptors (Lipinski definition) is 1. The van der Waals surface area contributed by atoms with Gasteiger partial charge in [-0.2, -0.15) is 0 Å². The van der Waals surface area contributed by atoms with Gasteiger partial charge in [-0.1, -0.05) is 6.08 Å². The van der Waals surface area contributed by atoms with Gasteiger partial charge in [0.25, 0.3) is 0 Å². The first-order chi connectivity index (χ1) is 5.25. The van der Waals surface area contributed by atoms with Crippen molar-refractivity contribution >= 4 is 0 Å². The fourth-order valence-electron chi connectivity index (χ4n) is 1.93. The number of rotatable bonds is 3. The van der Waals surface area contributed by atoms with E-state index < -0.39 is 0 Å². The first-order valence-electron chi connectivity index (χ1n) is 4.62. The second-order valence-electron chi connectivity index (χ2n) is 3.59. The fourth-order valence-corrected chi connectivity index (χ4v) is 1.93. The summed E-state index contributed by atoms with van der Waals surface area (Å²) >= 11 is 0. The average molecular weight is 153 g/mol. The van der Waals surface area contributed by atoms with E-state index in [9.17, 15) is 0 Å². The molecule has 1 aliphatic rings. The van der Waals surface area contributed by atoms with Crippen molar-refractivity contribution in [2.75, 3.05) is 6.54 Å². The van der Waals surface area contributed by atoms with Crippen molar-refractivity contribution in [2.24, 2.45) is 0 Å². The van der Waals surface area contributed by atoms with E-state index in [4.69, 9.17) is 0 Å². The minimum atomic E-state index is 0.796. The highest BCUT2D eigenvalue weighted by Crippen LogP contribution is 2.23. The molecule has 0 bridgehead atoms. The molecule has 11 heavy (non-hydrogen) atoms. The van der Waals surface area contributed by atoms with Gasteiger partial charge in [0, 0.05) is 18.6 Å². The van der Waals surface area contributed by atoms with Gasteiger partial charge in [0.15, 0.2) is 0 Å². The molecule has 0 N–H and O–H groups in total. The quantitative estimate of drug-likeness (QED) is 0.563. The van der Waals surface area contributed by atoms with Crippen molar-refractivity contribution in [3.8, 4) is 0 Å². The maximum Gasteiger partial charge on any atom is 0.00704 e. The lowest BCUT2D eigenvalue weighted by Crippen LogP contribution is -2.33. The lowest BCUT2D eigenvalue weighted by Gasteiger charge is -2.24. The third-order valence-electron chi connectivity index (χ3n) is 2.73. The van der Waals surface area contributed by atoms with Gasteiger partial charge in [0.05, 0.1) is 0 Å². The summed E-state index contributed by atoms with van der Waals surface area (Å²) in [6.07, 6.45) is 5.89. The maximum atomic E-state index is 3.75. The van der Waals surface area contributed by atoms with Crippen LogP contribution in [0.2, 0.25) is 0 Å². The van der Waals surface area contributed by atoms with Crippen LogP contribution in [0.15, 0.2) is 12.7 Å². The van der Waals surface area contributed by atoms with Crippen molar-refractivity contribution in [3.63, 3.8) is 0 Å². The molecule has 1 nitrogen and oxygen atoms in total. The van der Waals surface area contributed by atoms with Crippen molar-refractivity contribution in [1.29, 1.82) is 0 Å². The molecule has 0 aromatic rings. The van der Waals surface area contributed by atoms with Gasteiger partial charge in [-0.05, 0) is 33.1 Å². The zero-order chi connectivity index (χ0) is 8.27. The molecule has 1 saturated heterocycles. The highest BCUT2D eigenvalue weighted by Gasteiger charge is 2.25. The average Bonchev–Trinajstić information content (AvgIpc) is 2.29. The first-order valence-corrected chi connectivity index (χ1v) is 4.62. The molecule has 1 heteroatoms. The lowest BCUT2D eigenvalue weighted by molar-refractivity contribution is 0.218. The SMILES string of the molecule is C=CCCN1C(C)CCC1C. The molecule has 2 atom stereocenters. The highest BCUT2D eigenvalue weighted by atomic mass is 15.2. The normalized spacial score (nSPS) is 32.5. The Labute approximate surface area is 70.1 Å². The van der Waals surface area contributed by atoms with Gasteiger partial charge in [0.1, 0.15) is 0 Å². The van der Waals surface area contributed by atoms with Crippen LogP contribution in [-0.4, -0.2) is 23.5 Å². The summed E-state index contributed by atoms with van der Waals surface area (Å²) < 4.78 is 0. The molecule has 1 aliphatic heterocycles. The van der Waals surface area contributed by atoms with Crippen molar-refractivity contribution in [3.05, 3.63) is 12.7 Å². The first kappa shape index (κ1) is 8.79. The molecule has 0 radical (unpaired) electrons. The van der Waals surface area contributed by atoms with Crippen LogP contribution in [0.4, 0.5) is 0 Å². The third kappa shape index (κ3) is 2.06. The molecule has 0 aromatic carbocycles. The number of likely N-dealkylation sites (tertiary alicyclic amines) is 1. The van der Waals surface area contributed by atoms with E-state index in [0.717, 1.165) is 18.5 Å². The summed E-state index contributed by atoms with van der Waals surface area (Å²) in [5.74, 6) is 0. The highest BCUT2D eigenvalue weighted by molar-refractivity contribution is 4.83. The number of hydrogen-bond donors (Lipinski definition) is 0. The van der Waals surface area contributed by atoms with Crippen molar-refractivity contribution < 1.29 is 0 Å². The largest absolute Gasteiger partial charge is 0.298 e. The fraction of sp³-hybridized carbons (Fsp3) is 0.800. The van der Waals surface area contributed by atoms with Gasteiger partial charge in [-0.15, -0.1) is 6.58 Å². The van der Waals surface area contributed by atoms with Gasteiger partial charge in [-0.25, -0.2) is 0 Å². The van der Waals surface area contributed by atoms with Gasteiger partial charge < -0.3 is 0 Å². The Morgan fingerprint density at radius 1 is 1.36 bits per heavy atom. The van der Waals surface area contributed by atoms with Crippen LogP contribution in [-0.2, 0) is 0 Å². The Morgan fingerprint density at radius 2 is 1.91 bits per heavy atom. The van der Waals surface area contributed by atoms with Gasteiger partial charge >= 0.3 is 0 Å². The Balaban J connectivity index is 2.34. The van der Waals surface area contributed by atoms with Crippen LogP contribution in [0.25, 0.3) is 0 Å². The van der Waals surface area contributed by atoms with E-state index in [2.05, 4.69) is 25.3 Å². The monoisotopic (exact) mass is 153 g/mol. The summed E-state index contributed by atoms with van der Waals surface area (Å²) in [5, 5.41) is 0. The Kier molecular flexibility index (Phi) is 3.13. The zero-order valence-electron chi connectivity index (χ0n) is 7.71. The molecule has 0 saturated carbocycles. The minimum absolute atomic E-state index is 0.796. The van der Waals surface area contributed by atoms with Crippen LogP contribution >= 0.6 is 0 Å². The molecular weight excluding hydrogens is 134 g/mol. The second-order valence-corrected chi connectivity index (χ2v) is 3.59. The molecule has 1 rings (SSSR count). The molecular formula is C10H19N. The summed E-state index contributed by atoms with van der Waals surface area (Å²) in [6, 6.07) is 1.59. The van der Waals surface area contributed by atoms with E-state index in [-0.39, 0.29) is 0 Å². The second kappa shape index (κ2) is 3.91. The molecule has 0 amide bonds. The predicted octanol–water partition coefficient (Wildman–Crippen LogP) is 2.44. The third-order valence-corrected chi connectivity index (χ3v) is 2.73. The molecule has 0 aliphatic carbocycles. The Hall–Kier alpha value is -0.300. The summed E-state index contributed by atoms with van der Waals surface area (Å²) in [7, 11) is 0. The maximum absolute atomic E-state index is 3.75. The summed E-state index contributed by atoms with van der Waals surface area (Å²) in [4.78, 5) is 2.58. The summed E-state index contributed by atoms with van der Waals surface area (Å²) in [6.45, 7) is 9.60. The summed E-state index contributed by atoms with van der Waals surface area (Å²) in [5.41, 5.74) is 0. The molecule has 1 heterocycles. The van der Waals surface area contributed by atoms with Gasteiger partial charge in [0.2, 0.25) is 0 Å². The Bertz CT molecular complexity index is 121. The van der Waals surface area contributed by atoms with E-state index in [1.807, 2.05) is 6.08 Å². The van der Waals surface area contributed by atoms with Crippen molar-refractivity contribution in [1.82, 2.24) is 4.90 Å². The standard InChI is InChI=1S/C10H19N/c1-4-5-8-11-9(2)6-7-10(11)3/h4,9-10H,1,5-8H2,2-3H3.